The topological polar surface area (TPSA) is 30.7 Å². The molecule has 3 nitrogen and oxygen atoms in total. The van der Waals surface area contributed by atoms with Crippen LogP contribution < -0.4 is 0 Å². The highest BCUT2D eigenvalue weighted by Gasteiger charge is 2.49. The lowest BCUT2D eigenvalue weighted by Gasteiger charge is -2.33. The first-order valence-corrected chi connectivity index (χ1v) is 17.5. The minimum absolute atomic E-state index is 0.168. The Kier molecular flexibility index (Phi) is 5.76. The largest absolute Gasteiger partial charge is 0.306 e. The van der Waals surface area contributed by atoms with Gasteiger partial charge in [0.15, 0.2) is 5.82 Å². The molecule has 230 valence electrons. The molecule has 10 rings (SSSR count). The molecule has 0 fully saturated rings. The summed E-state index contributed by atoms with van der Waals surface area (Å²) in [4.78, 5) is 11.8. The summed E-state index contributed by atoms with van der Waals surface area (Å²) in [7, 11) is 0. The van der Waals surface area contributed by atoms with Gasteiger partial charge < -0.3 is 4.57 Å². The third kappa shape index (κ3) is 3.67. The summed E-state index contributed by atoms with van der Waals surface area (Å²) in [5, 5.41) is 1.31. The van der Waals surface area contributed by atoms with Crippen molar-refractivity contribution < 1.29 is 0 Å². The van der Waals surface area contributed by atoms with Gasteiger partial charge in [-0.15, -0.1) is 11.8 Å². The van der Waals surface area contributed by atoms with E-state index in [2.05, 4.69) is 147 Å². The summed E-state index contributed by atoms with van der Waals surface area (Å²) in [6.45, 7) is 7.23. The zero-order valence-corrected chi connectivity index (χ0v) is 27.9. The van der Waals surface area contributed by atoms with Gasteiger partial charge in [-0.1, -0.05) is 135 Å². The van der Waals surface area contributed by atoms with Crippen molar-refractivity contribution >= 4 is 28.7 Å². The lowest BCUT2D eigenvalue weighted by molar-refractivity contribution is 0.624. The maximum absolute atomic E-state index is 5.35. The Morgan fingerprint density at radius 2 is 1.40 bits per heavy atom. The van der Waals surface area contributed by atoms with Crippen LogP contribution >= 0.6 is 11.8 Å². The van der Waals surface area contributed by atoms with Gasteiger partial charge >= 0.3 is 0 Å². The Labute approximate surface area is 285 Å². The van der Waals surface area contributed by atoms with Gasteiger partial charge in [0.1, 0.15) is 0 Å². The van der Waals surface area contributed by atoms with E-state index in [-0.39, 0.29) is 16.1 Å². The van der Waals surface area contributed by atoms with E-state index >= 15 is 0 Å². The first-order valence-electron chi connectivity index (χ1n) is 16.7. The molecule has 48 heavy (non-hydrogen) atoms. The average Bonchev–Trinajstić information content (AvgIpc) is 3.71. The average molecular weight is 636 g/mol. The maximum atomic E-state index is 5.35. The lowest BCUT2D eigenvalue weighted by Crippen LogP contribution is -2.25. The molecular weight excluding hydrogens is 603 g/mol. The van der Waals surface area contributed by atoms with Crippen LogP contribution in [0.1, 0.15) is 54.6 Å². The zero-order valence-electron chi connectivity index (χ0n) is 27.1. The molecule has 0 amide bonds. The number of thioether (sulfide) groups is 1. The lowest BCUT2D eigenvalue weighted by atomic mass is 9.77. The second-order valence-electron chi connectivity index (χ2n) is 13.9. The Hall–Kier alpha value is -5.19. The van der Waals surface area contributed by atoms with Crippen LogP contribution in [0.2, 0.25) is 0 Å². The molecule has 0 radical (unpaired) electrons. The Balaban J connectivity index is 1.34. The second-order valence-corrected chi connectivity index (χ2v) is 15.4. The molecule has 0 N–H and O–H groups in total. The van der Waals surface area contributed by atoms with Gasteiger partial charge in [0.2, 0.25) is 0 Å². The van der Waals surface area contributed by atoms with Crippen LogP contribution in [-0.2, 0) is 10.2 Å². The van der Waals surface area contributed by atoms with E-state index in [4.69, 9.17) is 9.97 Å². The number of aromatic nitrogens is 3. The van der Waals surface area contributed by atoms with Crippen molar-refractivity contribution in [1.82, 2.24) is 14.5 Å². The molecule has 7 aromatic rings. The number of rotatable bonds is 3. The fourth-order valence-electron chi connectivity index (χ4n) is 8.75. The van der Waals surface area contributed by atoms with Gasteiger partial charge in [0.05, 0.1) is 33.5 Å². The highest BCUT2D eigenvalue weighted by molar-refractivity contribution is 8.00. The Morgan fingerprint density at radius 3 is 2.21 bits per heavy atom. The van der Waals surface area contributed by atoms with Gasteiger partial charge in [0.25, 0.3) is 0 Å². The van der Waals surface area contributed by atoms with Crippen LogP contribution in [-0.4, -0.2) is 14.5 Å². The molecule has 1 aliphatic heterocycles. The summed E-state index contributed by atoms with van der Waals surface area (Å²) in [5.74, 6) is 1.01. The molecule has 3 heterocycles. The van der Waals surface area contributed by atoms with Crippen molar-refractivity contribution in [3.63, 3.8) is 0 Å². The van der Waals surface area contributed by atoms with Crippen molar-refractivity contribution in [3.8, 4) is 39.5 Å². The molecule has 0 bridgehead atoms. The van der Waals surface area contributed by atoms with Crippen LogP contribution in [0.3, 0.4) is 0 Å². The Morgan fingerprint density at radius 1 is 0.688 bits per heavy atom. The molecule has 0 spiro atoms. The normalized spacial score (nSPS) is 19.4. The number of benzene rings is 5. The third-order valence-electron chi connectivity index (χ3n) is 10.9. The van der Waals surface area contributed by atoms with E-state index in [1.165, 1.54) is 54.9 Å². The molecule has 0 saturated carbocycles. The van der Waals surface area contributed by atoms with Gasteiger partial charge in [-0.2, -0.15) is 0 Å². The van der Waals surface area contributed by atoms with E-state index < -0.39 is 0 Å². The highest BCUT2D eigenvalue weighted by atomic mass is 32.2. The van der Waals surface area contributed by atoms with Crippen LogP contribution in [0.4, 0.5) is 0 Å². The molecule has 2 atom stereocenters. The molecule has 2 aliphatic carbocycles. The second kappa shape index (κ2) is 9.91. The quantitative estimate of drug-likeness (QED) is 0.194. The van der Waals surface area contributed by atoms with Crippen LogP contribution in [0.15, 0.2) is 138 Å². The standard InChI is InChI=1S/C44H33N3S/c1-43(2)33-20-12-10-18-29(33)30-22-23-32-38-35(25-24-34-31-19-11-13-21-37(31)48-44(34,38)3)47(41(32)39(30)43)36-26-45-42(28-16-8-5-9-17-28)46-40(36)27-14-6-4-7-15-27/h4-26,34H,1-3H3. The summed E-state index contributed by atoms with van der Waals surface area (Å²) in [6.07, 6.45) is 6.88. The van der Waals surface area contributed by atoms with Crippen LogP contribution in [0.25, 0.3) is 56.4 Å². The molecule has 0 saturated heterocycles. The van der Waals surface area contributed by atoms with Crippen molar-refractivity contribution in [2.24, 2.45) is 0 Å². The predicted octanol–water partition coefficient (Wildman–Crippen LogP) is 11.2. The monoisotopic (exact) mass is 635 g/mol. The SMILES string of the molecule is CC1(C)c2ccccc2-c2ccc3c4c(n(-c5cnc(-c6ccccc6)nc5-c5ccccc5)c3c21)C=CC1c2ccccc2SC41C. The van der Waals surface area contributed by atoms with Gasteiger partial charge in [-0.3, -0.25) is 0 Å². The van der Waals surface area contributed by atoms with Crippen molar-refractivity contribution in [3.05, 3.63) is 162 Å². The fourth-order valence-corrected chi connectivity index (χ4v) is 10.3. The van der Waals surface area contributed by atoms with Crippen LogP contribution in [0, 0.1) is 0 Å². The molecular formula is C44H33N3S. The molecule has 2 aromatic heterocycles. The number of nitrogens with zero attached hydrogens (tertiary/aromatic N) is 3. The van der Waals surface area contributed by atoms with E-state index in [0.29, 0.717) is 0 Å². The minimum atomic E-state index is -0.197. The van der Waals surface area contributed by atoms with Crippen molar-refractivity contribution in [2.75, 3.05) is 0 Å². The molecule has 2 unspecified atom stereocenters. The minimum Gasteiger partial charge on any atom is -0.306 e. The van der Waals surface area contributed by atoms with E-state index in [9.17, 15) is 0 Å². The summed E-state index contributed by atoms with van der Waals surface area (Å²) in [5.41, 5.74) is 14.5. The van der Waals surface area contributed by atoms with Crippen LogP contribution in [0.5, 0.6) is 0 Å². The number of fused-ring (bicyclic) bond motifs is 11. The number of hydrogen-bond donors (Lipinski definition) is 0. The van der Waals surface area contributed by atoms with E-state index in [1.807, 2.05) is 30.0 Å². The summed E-state index contributed by atoms with van der Waals surface area (Å²) >= 11 is 2.01. The Bertz CT molecular complexity index is 2470. The number of allylic oxidation sites excluding steroid dienone is 1. The number of hydrogen-bond acceptors (Lipinski definition) is 3. The maximum Gasteiger partial charge on any atom is 0.159 e. The predicted molar refractivity (Wildman–Crippen MR) is 199 cm³/mol. The highest BCUT2D eigenvalue weighted by Crippen LogP contribution is 2.64. The molecule has 5 aromatic carbocycles. The van der Waals surface area contributed by atoms with E-state index in [0.717, 1.165) is 28.3 Å². The van der Waals surface area contributed by atoms with Gasteiger partial charge in [-0.05, 0) is 46.9 Å². The van der Waals surface area contributed by atoms with Crippen molar-refractivity contribution in [2.45, 2.75) is 41.7 Å². The summed E-state index contributed by atoms with van der Waals surface area (Å²) in [6, 6.07) is 43.6. The van der Waals surface area contributed by atoms with Crippen molar-refractivity contribution in [1.29, 1.82) is 0 Å². The zero-order chi connectivity index (χ0) is 32.2. The first-order chi connectivity index (χ1) is 23.4. The summed E-state index contributed by atoms with van der Waals surface area (Å²) < 4.78 is 2.34. The van der Waals surface area contributed by atoms with Gasteiger partial charge in [0, 0.05) is 38.3 Å². The molecule has 4 heteroatoms. The molecule has 3 aliphatic rings. The fraction of sp³-hybridized carbons (Fsp3) is 0.136. The third-order valence-corrected chi connectivity index (χ3v) is 12.4. The van der Waals surface area contributed by atoms with E-state index in [1.54, 1.807) is 0 Å². The first kappa shape index (κ1) is 27.9. The van der Waals surface area contributed by atoms with Gasteiger partial charge in [-0.25, -0.2) is 9.97 Å². The smallest absolute Gasteiger partial charge is 0.159 e.